The van der Waals surface area contributed by atoms with Crippen molar-refractivity contribution in [2.24, 2.45) is 0 Å². The molecule has 2 aromatic heterocycles. The first kappa shape index (κ1) is 20.4. The third kappa shape index (κ3) is 4.36. The fourth-order valence-corrected chi connectivity index (χ4v) is 5.67. The second-order valence-corrected chi connectivity index (χ2v) is 9.05. The summed E-state index contributed by atoms with van der Waals surface area (Å²) in [4.78, 5) is 23.3. The molecule has 4 nitrogen and oxygen atoms in total. The standard InChI is InChI=1S/C19H15ClF3N3OS2/c20-13-6-5-10(7-12(13)19(21,22)23)26-15(27)8-28-17-16-11-3-1-2-4-14(11)29-18(16)25-9-24-17/h5-7,9H,1-4,8H2,(H,26,27). The van der Waals surface area contributed by atoms with Crippen molar-refractivity contribution in [2.45, 2.75) is 36.9 Å². The number of hydrogen-bond donors (Lipinski definition) is 1. The molecule has 1 amide bonds. The maximum absolute atomic E-state index is 13.0. The van der Waals surface area contributed by atoms with E-state index in [1.54, 1.807) is 11.3 Å². The van der Waals surface area contributed by atoms with Crippen LogP contribution in [0.3, 0.4) is 0 Å². The lowest BCUT2D eigenvalue weighted by Crippen LogP contribution is -2.15. The van der Waals surface area contributed by atoms with Crippen molar-refractivity contribution < 1.29 is 18.0 Å². The van der Waals surface area contributed by atoms with Gasteiger partial charge < -0.3 is 5.32 Å². The molecule has 1 aliphatic carbocycles. The van der Waals surface area contributed by atoms with Crippen molar-refractivity contribution in [3.8, 4) is 0 Å². The minimum absolute atomic E-state index is 0.0285. The number of thioether (sulfide) groups is 1. The van der Waals surface area contributed by atoms with Crippen LogP contribution in [0.5, 0.6) is 0 Å². The van der Waals surface area contributed by atoms with Gasteiger partial charge in [0, 0.05) is 16.0 Å². The zero-order valence-electron chi connectivity index (χ0n) is 15.0. The van der Waals surface area contributed by atoms with Gasteiger partial charge in [0.1, 0.15) is 16.2 Å². The molecule has 0 fully saturated rings. The first-order valence-electron chi connectivity index (χ1n) is 8.87. The quantitative estimate of drug-likeness (QED) is 0.387. The molecular formula is C19H15ClF3N3OS2. The van der Waals surface area contributed by atoms with Crippen LogP contribution >= 0.6 is 34.7 Å². The molecule has 0 bridgehead atoms. The van der Waals surface area contributed by atoms with Gasteiger partial charge in [0.2, 0.25) is 5.91 Å². The van der Waals surface area contributed by atoms with Crippen molar-refractivity contribution in [1.82, 2.24) is 9.97 Å². The molecule has 3 aromatic rings. The summed E-state index contributed by atoms with van der Waals surface area (Å²) in [6.07, 6.45) is 1.21. The molecule has 29 heavy (non-hydrogen) atoms. The maximum atomic E-state index is 13.0. The van der Waals surface area contributed by atoms with E-state index in [2.05, 4.69) is 15.3 Å². The van der Waals surface area contributed by atoms with Gasteiger partial charge in [-0.1, -0.05) is 23.4 Å². The summed E-state index contributed by atoms with van der Waals surface area (Å²) in [5.74, 6) is -0.387. The van der Waals surface area contributed by atoms with Crippen molar-refractivity contribution in [3.63, 3.8) is 0 Å². The Kier molecular flexibility index (Phi) is 5.72. The van der Waals surface area contributed by atoms with Crippen LogP contribution in [0.15, 0.2) is 29.6 Å². The summed E-state index contributed by atoms with van der Waals surface area (Å²) < 4.78 is 38.9. The molecule has 0 unspecified atom stereocenters. The molecule has 152 valence electrons. The Bertz CT molecular complexity index is 1080. The highest BCUT2D eigenvalue weighted by Gasteiger charge is 2.33. The van der Waals surface area contributed by atoms with E-state index in [9.17, 15) is 18.0 Å². The van der Waals surface area contributed by atoms with Gasteiger partial charge in [-0.3, -0.25) is 4.79 Å². The van der Waals surface area contributed by atoms with Crippen molar-refractivity contribution in [3.05, 3.63) is 45.6 Å². The zero-order valence-corrected chi connectivity index (χ0v) is 17.4. The number of nitrogens with one attached hydrogen (secondary N) is 1. The molecule has 10 heteroatoms. The Hall–Kier alpha value is -1.84. The van der Waals surface area contributed by atoms with E-state index in [4.69, 9.17) is 11.6 Å². The van der Waals surface area contributed by atoms with E-state index in [0.29, 0.717) is 0 Å². The van der Waals surface area contributed by atoms with E-state index in [0.717, 1.165) is 46.6 Å². The molecule has 1 N–H and O–H groups in total. The number of aromatic nitrogens is 2. The molecule has 1 aromatic carbocycles. The summed E-state index contributed by atoms with van der Waals surface area (Å²) in [6, 6.07) is 3.31. The third-order valence-corrected chi connectivity index (χ3v) is 7.13. The topological polar surface area (TPSA) is 54.9 Å². The smallest absolute Gasteiger partial charge is 0.325 e. The van der Waals surface area contributed by atoms with Crippen molar-refractivity contribution in [1.29, 1.82) is 0 Å². The van der Waals surface area contributed by atoms with Crippen LogP contribution in [0.1, 0.15) is 28.8 Å². The van der Waals surface area contributed by atoms with E-state index >= 15 is 0 Å². The highest BCUT2D eigenvalue weighted by molar-refractivity contribution is 8.00. The second kappa shape index (κ2) is 8.12. The number of carbonyl (C=O) groups is 1. The molecule has 0 radical (unpaired) electrons. The molecule has 4 rings (SSSR count). The van der Waals surface area contributed by atoms with Crippen LogP contribution in [0.2, 0.25) is 5.02 Å². The summed E-state index contributed by atoms with van der Waals surface area (Å²) in [5.41, 5.74) is 0.340. The number of alkyl halides is 3. The average Bonchev–Trinajstić information content (AvgIpc) is 3.06. The monoisotopic (exact) mass is 457 g/mol. The van der Waals surface area contributed by atoms with E-state index < -0.39 is 22.7 Å². The molecule has 0 saturated heterocycles. The Morgan fingerprint density at radius 3 is 2.83 bits per heavy atom. The van der Waals surface area contributed by atoms with Crippen LogP contribution in [-0.2, 0) is 23.8 Å². The maximum Gasteiger partial charge on any atom is 0.417 e. The normalized spacial score (nSPS) is 14.1. The number of hydrogen-bond acceptors (Lipinski definition) is 5. The minimum Gasteiger partial charge on any atom is -0.325 e. The van der Waals surface area contributed by atoms with E-state index in [1.807, 2.05) is 0 Å². The van der Waals surface area contributed by atoms with Crippen molar-refractivity contribution >= 4 is 56.5 Å². The molecule has 0 spiro atoms. The van der Waals surface area contributed by atoms with Gasteiger partial charge in [-0.05, 0) is 49.4 Å². The van der Waals surface area contributed by atoms with Gasteiger partial charge in [-0.2, -0.15) is 13.2 Å². The Morgan fingerprint density at radius 1 is 1.24 bits per heavy atom. The average molecular weight is 458 g/mol. The summed E-state index contributed by atoms with van der Waals surface area (Å²) in [6.45, 7) is 0. The SMILES string of the molecule is O=C(CSc1ncnc2sc3c(c12)CCCC3)Nc1ccc(Cl)c(C(F)(F)F)c1. The predicted octanol–water partition coefficient (Wildman–Crippen LogP) is 5.97. The van der Waals surface area contributed by atoms with Crippen LogP contribution in [-0.4, -0.2) is 21.6 Å². The summed E-state index contributed by atoms with van der Waals surface area (Å²) >= 11 is 8.55. The molecular weight excluding hydrogens is 443 g/mol. The van der Waals surface area contributed by atoms with Gasteiger partial charge in [0.25, 0.3) is 0 Å². The fourth-order valence-electron chi connectivity index (χ4n) is 3.32. The number of fused-ring (bicyclic) bond motifs is 3. The summed E-state index contributed by atoms with van der Waals surface area (Å²) in [7, 11) is 0. The summed E-state index contributed by atoms with van der Waals surface area (Å²) in [5, 5.41) is 3.83. The number of benzene rings is 1. The number of halogens is 4. The number of nitrogens with zero attached hydrogens (tertiary/aromatic N) is 2. The lowest BCUT2D eigenvalue weighted by molar-refractivity contribution is -0.137. The predicted molar refractivity (Wildman–Crippen MR) is 110 cm³/mol. The first-order chi connectivity index (χ1) is 13.8. The van der Waals surface area contributed by atoms with E-state index in [-0.39, 0.29) is 11.4 Å². The molecule has 0 atom stereocenters. The van der Waals surface area contributed by atoms with E-state index in [1.165, 1.54) is 41.0 Å². The number of rotatable bonds is 4. The second-order valence-electron chi connectivity index (χ2n) is 6.60. The molecule has 2 heterocycles. The number of anilines is 1. The highest BCUT2D eigenvalue weighted by atomic mass is 35.5. The number of aryl methyl sites for hydroxylation is 2. The van der Waals surface area contributed by atoms with Crippen LogP contribution in [0.4, 0.5) is 18.9 Å². The van der Waals surface area contributed by atoms with Gasteiger partial charge in [-0.25, -0.2) is 9.97 Å². The van der Waals surface area contributed by atoms with Crippen LogP contribution in [0, 0.1) is 0 Å². The molecule has 0 saturated carbocycles. The Labute approximate surface area is 177 Å². The lowest BCUT2D eigenvalue weighted by Gasteiger charge is -2.12. The van der Waals surface area contributed by atoms with Gasteiger partial charge in [0.15, 0.2) is 0 Å². The van der Waals surface area contributed by atoms with Gasteiger partial charge in [0.05, 0.1) is 16.3 Å². The minimum atomic E-state index is -4.59. The van der Waals surface area contributed by atoms with Gasteiger partial charge >= 0.3 is 6.18 Å². The zero-order chi connectivity index (χ0) is 20.6. The number of amides is 1. The van der Waals surface area contributed by atoms with Gasteiger partial charge in [-0.15, -0.1) is 11.3 Å². The largest absolute Gasteiger partial charge is 0.417 e. The molecule has 1 aliphatic rings. The van der Waals surface area contributed by atoms with Crippen LogP contribution in [0.25, 0.3) is 10.2 Å². The lowest BCUT2D eigenvalue weighted by atomic mass is 9.97. The number of carbonyl (C=O) groups excluding carboxylic acids is 1. The fraction of sp³-hybridized carbons (Fsp3) is 0.316. The van der Waals surface area contributed by atoms with Crippen LogP contribution < -0.4 is 5.32 Å². The molecule has 0 aliphatic heterocycles. The highest BCUT2D eigenvalue weighted by Crippen LogP contribution is 2.39. The third-order valence-electron chi connectivity index (χ3n) is 4.61. The van der Waals surface area contributed by atoms with Crippen molar-refractivity contribution in [2.75, 3.05) is 11.1 Å². The number of thiophene rings is 1. The Balaban J connectivity index is 1.49. The Morgan fingerprint density at radius 2 is 2.03 bits per heavy atom. The first-order valence-corrected chi connectivity index (χ1v) is 11.1.